The minimum Gasteiger partial charge on any atom is -0.481 e. The number of benzene rings is 2. The van der Waals surface area contributed by atoms with Crippen LogP contribution in [0.2, 0.25) is 0 Å². The van der Waals surface area contributed by atoms with Crippen LogP contribution in [0.3, 0.4) is 0 Å². The molecule has 37 heavy (non-hydrogen) atoms. The average Bonchev–Trinajstić information content (AvgIpc) is 3.21. The van der Waals surface area contributed by atoms with Crippen LogP contribution in [0.4, 0.5) is 5.69 Å². The number of hydrogen-bond donors (Lipinski definition) is 3. The smallest absolute Gasteiger partial charge is 0.305 e. The van der Waals surface area contributed by atoms with Gasteiger partial charge in [0.1, 0.15) is 0 Å². The van der Waals surface area contributed by atoms with Crippen LogP contribution in [0, 0.1) is 5.92 Å². The summed E-state index contributed by atoms with van der Waals surface area (Å²) < 4.78 is 0. The Bertz CT molecular complexity index is 1010. The quantitative estimate of drug-likeness (QED) is 0.368. The van der Waals surface area contributed by atoms with Crippen molar-refractivity contribution in [2.75, 3.05) is 38.0 Å². The predicted octanol–water partition coefficient (Wildman–Crippen LogP) is 5.93. The summed E-state index contributed by atoms with van der Waals surface area (Å²) in [5, 5.41) is 14.9. The normalized spacial score (nSPS) is 24.1. The van der Waals surface area contributed by atoms with Crippen molar-refractivity contribution >= 4 is 11.7 Å². The maximum Gasteiger partial charge on any atom is 0.305 e. The van der Waals surface area contributed by atoms with Gasteiger partial charge in [0.2, 0.25) is 0 Å². The van der Waals surface area contributed by atoms with Crippen molar-refractivity contribution in [1.82, 2.24) is 15.3 Å². The van der Waals surface area contributed by atoms with Gasteiger partial charge in [-0.3, -0.25) is 4.79 Å². The highest BCUT2D eigenvalue weighted by molar-refractivity contribution is 5.71. The summed E-state index contributed by atoms with van der Waals surface area (Å²) >= 11 is 0. The number of hydrazine groups is 1. The van der Waals surface area contributed by atoms with Crippen LogP contribution in [0.25, 0.3) is 11.1 Å². The van der Waals surface area contributed by atoms with E-state index in [1.165, 1.54) is 81.1 Å². The molecule has 5 rings (SSSR count). The molecule has 200 valence electrons. The van der Waals surface area contributed by atoms with Crippen molar-refractivity contribution < 1.29 is 9.90 Å². The van der Waals surface area contributed by atoms with Crippen LogP contribution >= 0.6 is 0 Å². The van der Waals surface area contributed by atoms with Gasteiger partial charge < -0.3 is 15.3 Å². The summed E-state index contributed by atoms with van der Waals surface area (Å²) in [5.74, 6) is -0.0347. The number of carboxylic acid groups (broad SMARTS) is 1. The van der Waals surface area contributed by atoms with Crippen molar-refractivity contribution in [2.24, 2.45) is 5.92 Å². The molecule has 2 aromatic rings. The largest absolute Gasteiger partial charge is 0.481 e. The van der Waals surface area contributed by atoms with Crippen LogP contribution in [0.5, 0.6) is 0 Å². The van der Waals surface area contributed by atoms with E-state index in [9.17, 15) is 4.79 Å². The van der Waals surface area contributed by atoms with Gasteiger partial charge >= 0.3 is 5.97 Å². The number of piperidine rings is 1. The molecule has 2 heterocycles. The summed E-state index contributed by atoms with van der Waals surface area (Å²) in [6.45, 7) is 5.18. The molecule has 3 fully saturated rings. The summed E-state index contributed by atoms with van der Waals surface area (Å²) in [6.07, 6.45) is 12.4. The molecule has 2 aliphatic heterocycles. The van der Waals surface area contributed by atoms with Crippen molar-refractivity contribution in [3.05, 3.63) is 54.1 Å². The van der Waals surface area contributed by atoms with Gasteiger partial charge in [-0.15, -0.1) is 0 Å². The number of nitrogens with zero attached hydrogens (tertiary/aromatic N) is 2. The fourth-order valence-electron chi connectivity index (χ4n) is 6.60. The first-order chi connectivity index (χ1) is 18.1. The van der Waals surface area contributed by atoms with Gasteiger partial charge in [0.05, 0.1) is 6.42 Å². The molecule has 0 radical (unpaired) electrons. The van der Waals surface area contributed by atoms with Gasteiger partial charge in [-0.2, -0.15) is 0 Å². The first kappa shape index (κ1) is 26.2. The Labute approximate surface area is 222 Å². The SMILES string of the molecule is O=C(O)CCNc1cc(-c2ccccc2)cc(C2CCN(CC3CCCN(C4CCCCCC4)C3)N2)c1. The fraction of sp³-hybridized carbons (Fsp3) is 0.581. The lowest BCUT2D eigenvalue weighted by molar-refractivity contribution is -0.136. The second-order valence-corrected chi connectivity index (χ2v) is 11.3. The summed E-state index contributed by atoms with van der Waals surface area (Å²) in [7, 11) is 0. The Kier molecular flexibility index (Phi) is 9.14. The van der Waals surface area contributed by atoms with Gasteiger partial charge in [0, 0.05) is 44.0 Å². The molecule has 0 spiro atoms. The maximum absolute atomic E-state index is 11.0. The lowest BCUT2D eigenvalue weighted by Crippen LogP contribution is -2.46. The molecule has 3 aliphatic rings. The third-order valence-corrected chi connectivity index (χ3v) is 8.53. The van der Waals surface area contributed by atoms with Crippen molar-refractivity contribution in [3.63, 3.8) is 0 Å². The van der Waals surface area contributed by atoms with E-state index in [1.807, 2.05) is 6.07 Å². The van der Waals surface area contributed by atoms with Crippen LogP contribution in [0.15, 0.2) is 48.5 Å². The summed E-state index contributed by atoms with van der Waals surface area (Å²) in [5.41, 5.74) is 8.44. The second kappa shape index (κ2) is 12.9. The number of likely N-dealkylation sites (tertiary alicyclic amines) is 1. The molecule has 6 nitrogen and oxygen atoms in total. The van der Waals surface area contributed by atoms with Crippen LogP contribution < -0.4 is 10.7 Å². The minimum atomic E-state index is -0.777. The highest BCUT2D eigenvalue weighted by atomic mass is 16.4. The Morgan fingerprint density at radius 2 is 1.73 bits per heavy atom. The van der Waals surface area contributed by atoms with Crippen molar-refractivity contribution in [1.29, 1.82) is 0 Å². The lowest BCUT2D eigenvalue weighted by atomic mass is 9.94. The van der Waals surface area contributed by atoms with Crippen LogP contribution in [0.1, 0.15) is 75.8 Å². The number of hydrogen-bond acceptors (Lipinski definition) is 5. The van der Waals surface area contributed by atoms with E-state index in [4.69, 9.17) is 5.11 Å². The Morgan fingerprint density at radius 3 is 2.51 bits per heavy atom. The molecule has 2 atom stereocenters. The van der Waals surface area contributed by atoms with Crippen molar-refractivity contribution in [3.8, 4) is 11.1 Å². The zero-order chi connectivity index (χ0) is 25.5. The highest BCUT2D eigenvalue weighted by Gasteiger charge is 2.30. The average molecular weight is 505 g/mol. The maximum atomic E-state index is 11.0. The Hall–Kier alpha value is -2.41. The molecule has 1 aliphatic carbocycles. The number of carboxylic acids is 1. The number of nitrogens with one attached hydrogen (secondary N) is 2. The van der Waals surface area contributed by atoms with E-state index < -0.39 is 5.97 Å². The van der Waals surface area contributed by atoms with Gasteiger partial charge in [-0.25, -0.2) is 10.4 Å². The van der Waals surface area contributed by atoms with Gasteiger partial charge in [-0.1, -0.05) is 56.0 Å². The lowest BCUT2D eigenvalue weighted by Gasteiger charge is -2.39. The molecule has 1 saturated carbocycles. The fourth-order valence-corrected chi connectivity index (χ4v) is 6.60. The molecule has 2 aromatic carbocycles. The first-order valence-corrected chi connectivity index (χ1v) is 14.6. The number of anilines is 1. The van der Waals surface area contributed by atoms with Crippen LogP contribution in [-0.2, 0) is 4.79 Å². The summed E-state index contributed by atoms with van der Waals surface area (Å²) in [6, 6.07) is 18.2. The van der Waals surface area contributed by atoms with Crippen molar-refractivity contribution in [2.45, 2.75) is 76.3 Å². The highest BCUT2D eigenvalue weighted by Crippen LogP contribution is 2.32. The van der Waals surface area contributed by atoms with Gasteiger partial charge in [-0.05, 0) is 79.5 Å². The van der Waals surface area contributed by atoms with Crippen LogP contribution in [-0.4, -0.2) is 59.8 Å². The molecule has 3 N–H and O–H groups in total. The molecule has 0 bridgehead atoms. The van der Waals surface area contributed by atoms with E-state index in [1.54, 1.807) is 0 Å². The molecule has 2 saturated heterocycles. The van der Waals surface area contributed by atoms with E-state index in [-0.39, 0.29) is 12.5 Å². The van der Waals surface area contributed by atoms with Gasteiger partial charge in [0.15, 0.2) is 0 Å². The predicted molar refractivity (Wildman–Crippen MR) is 150 cm³/mol. The zero-order valence-corrected chi connectivity index (χ0v) is 22.2. The minimum absolute atomic E-state index is 0.111. The number of rotatable bonds is 9. The van der Waals surface area contributed by atoms with E-state index in [2.05, 4.69) is 63.1 Å². The first-order valence-electron chi connectivity index (χ1n) is 14.6. The van der Waals surface area contributed by atoms with E-state index in [0.29, 0.717) is 6.54 Å². The molecule has 0 amide bonds. The third-order valence-electron chi connectivity index (χ3n) is 8.53. The third kappa shape index (κ3) is 7.34. The van der Waals surface area contributed by atoms with E-state index >= 15 is 0 Å². The molecule has 0 aromatic heterocycles. The second-order valence-electron chi connectivity index (χ2n) is 11.3. The summed E-state index contributed by atoms with van der Waals surface area (Å²) in [4.78, 5) is 13.8. The monoisotopic (exact) mass is 504 g/mol. The number of aliphatic carboxylic acids is 1. The topological polar surface area (TPSA) is 67.8 Å². The van der Waals surface area contributed by atoms with E-state index in [0.717, 1.165) is 37.2 Å². The number of carbonyl (C=O) groups is 1. The standard InChI is InChI=1S/C31H44N4O2/c36-31(37)14-16-32-28-20-26(25-10-4-3-5-11-25)19-27(21-28)30-15-18-35(33-30)23-24-9-8-17-34(22-24)29-12-6-1-2-7-13-29/h3-5,10-11,19-21,24,29-30,32-33H,1-2,6-9,12-18,22-23H2,(H,36,37). The Morgan fingerprint density at radius 1 is 0.919 bits per heavy atom. The molecule has 6 heteroatoms. The molecular formula is C31H44N4O2. The Balaban J connectivity index is 1.22. The molecular weight excluding hydrogens is 460 g/mol. The zero-order valence-electron chi connectivity index (χ0n) is 22.2. The van der Waals surface area contributed by atoms with Gasteiger partial charge in [0.25, 0.3) is 0 Å². The molecule has 2 unspecified atom stereocenters.